The quantitative estimate of drug-likeness (QED) is 0.338. The first-order chi connectivity index (χ1) is 11.6. The van der Waals surface area contributed by atoms with E-state index in [-0.39, 0.29) is 5.75 Å². The van der Waals surface area contributed by atoms with E-state index < -0.39 is 10.0 Å². The van der Waals surface area contributed by atoms with Crippen molar-refractivity contribution in [2.24, 2.45) is 4.99 Å². The van der Waals surface area contributed by atoms with Gasteiger partial charge in [-0.2, -0.15) is 0 Å². The van der Waals surface area contributed by atoms with E-state index >= 15 is 0 Å². The summed E-state index contributed by atoms with van der Waals surface area (Å²) in [6.45, 7) is 9.99. The van der Waals surface area contributed by atoms with E-state index in [0.29, 0.717) is 19.6 Å². The first-order valence-corrected chi connectivity index (χ1v) is 10.5. The van der Waals surface area contributed by atoms with E-state index in [0.717, 1.165) is 64.7 Å². The molecule has 0 aromatic heterocycles. The van der Waals surface area contributed by atoms with Gasteiger partial charge in [-0.05, 0) is 19.8 Å². The maximum absolute atomic E-state index is 11.8. The van der Waals surface area contributed by atoms with Gasteiger partial charge in [-0.25, -0.2) is 12.7 Å². The van der Waals surface area contributed by atoms with Crippen LogP contribution in [-0.2, 0) is 14.8 Å². The Morgan fingerprint density at radius 3 is 2.62 bits per heavy atom. The Balaban J connectivity index is 1.66. The molecule has 0 saturated carbocycles. The fourth-order valence-electron chi connectivity index (χ4n) is 2.89. The standard InChI is InChI=1S/C15H31N5O3S/c1-2-16-15(17-5-3-7-19-10-12-23-13-11-19)18-6-9-20-8-4-14-24(20,21)22/h2-14H2,1H3,(H2,16,17,18). The summed E-state index contributed by atoms with van der Waals surface area (Å²) >= 11 is 0. The molecule has 2 aliphatic heterocycles. The third-order valence-electron chi connectivity index (χ3n) is 4.21. The smallest absolute Gasteiger partial charge is 0.214 e. The van der Waals surface area contributed by atoms with Crippen LogP contribution < -0.4 is 10.6 Å². The molecule has 2 N–H and O–H groups in total. The second-order valence-electron chi connectivity index (χ2n) is 6.06. The highest BCUT2D eigenvalue weighted by molar-refractivity contribution is 7.89. The molecule has 2 aliphatic rings. The van der Waals surface area contributed by atoms with E-state index in [4.69, 9.17) is 4.74 Å². The summed E-state index contributed by atoms with van der Waals surface area (Å²) in [5.74, 6) is 1.04. The number of nitrogens with zero attached hydrogens (tertiary/aromatic N) is 3. The van der Waals surface area contributed by atoms with Crippen LogP contribution in [0.4, 0.5) is 0 Å². The van der Waals surface area contributed by atoms with Crippen LogP contribution in [0.15, 0.2) is 4.99 Å². The minimum atomic E-state index is -3.01. The van der Waals surface area contributed by atoms with E-state index in [2.05, 4.69) is 20.5 Å². The largest absolute Gasteiger partial charge is 0.379 e. The molecule has 0 aromatic carbocycles. The van der Waals surface area contributed by atoms with Gasteiger partial charge >= 0.3 is 0 Å². The minimum absolute atomic E-state index is 0.280. The van der Waals surface area contributed by atoms with Crippen LogP contribution in [0.25, 0.3) is 0 Å². The second kappa shape index (κ2) is 10.2. The van der Waals surface area contributed by atoms with Crippen LogP contribution in [0.1, 0.15) is 19.8 Å². The molecule has 140 valence electrons. The number of rotatable bonds is 8. The molecule has 2 fully saturated rings. The van der Waals surface area contributed by atoms with E-state index in [9.17, 15) is 8.42 Å². The summed E-state index contributed by atoms with van der Waals surface area (Å²) in [5.41, 5.74) is 0. The molecule has 2 saturated heterocycles. The van der Waals surface area contributed by atoms with Crippen molar-refractivity contribution >= 4 is 16.0 Å². The Morgan fingerprint density at radius 2 is 1.96 bits per heavy atom. The van der Waals surface area contributed by atoms with E-state index in [1.54, 1.807) is 4.31 Å². The number of guanidine groups is 1. The molecule has 2 heterocycles. The molecule has 0 atom stereocenters. The van der Waals surface area contributed by atoms with Crippen molar-refractivity contribution in [2.75, 3.05) is 71.3 Å². The Kier molecular flexibility index (Phi) is 8.23. The lowest BCUT2D eigenvalue weighted by molar-refractivity contribution is 0.0377. The Labute approximate surface area is 145 Å². The summed E-state index contributed by atoms with van der Waals surface area (Å²) in [6.07, 6.45) is 1.75. The summed E-state index contributed by atoms with van der Waals surface area (Å²) in [4.78, 5) is 6.97. The maximum Gasteiger partial charge on any atom is 0.214 e. The Bertz CT molecular complexity index is 491. The molecule has 0 bridgehead atoms. The highest BCUT2D eigenvalue weighted by Crippen LogP contribution is 2.11. The number of hydrogen-bond donors (Lipinski definition) is 2. The van der Waals surface area contributed by atoms with Crippen LogP contribution >= 0.6 is 0 Å². The molecular weight excluding hydrogens is 330 g/mol. The normalized spacial score (nSPS) is 22.6. The number of hydrogen-bond acceptors (Lipinski definition) is 5. The molecule has 0 aromatic rings. The molecule has 9 heteroatoms. The van der Waals surface area contributed by atoms with E-state index in [1.807, 2.05) is 6.92 Å². The molecular formula is C15H31N5O3S. The highest BCUT2D eigenvalue weighted by Gasteiger charge is 2.27. The zero-order chi connectivity index (χ0) is 17.3. The predicted octanol–water partition coefficient (Wildman–Crippen LogP) is -0.701. The van der Waals surface area contributed by atoms with Gasteiger partial charge in [-0.3, -0.25) is 9.89 Å². The third-order valence-corrected chi connectivity index (χ3v) is 6.16. The number of aliphatic imine (C=N–C) groups is 1. The molecule has 24 heavy (non-hydrogen) atoms. The van der Waals surface area contributed by atoms with E-state index in [1.165, 1.54) is 0 Å². The number of nitrogens with one attached hydrogen (secondary N) is 2. The average Bonchev–Trinajstić information content (AvgIpc) is 2.91. The first-order valence-electron chi connectivity index (χ1n) is 8.92. The predicted molar refractivity (Wildman–Crippen MR) is 95.8 cm³/mol. The molecule has 0 aliphatic carbocycles. The molecule has 0 radical (unpaired) electrons. The van der Waals surface area contributed by atoms with Crippen LogP contribution in [0.2, 0.25) is 0 Å². The molecule has 2 rings (SSSR count). The van der Waals surface area contributed by atoms with Gasteiger partial charge in [0.25, 0.3) is 0 Å². The zero-order valence-corrected chi connectivity index (χ0v) is 15.5. The lowest BCUT2D eigenvalue weighted by atomic mass is 10.3. The van der Waals surface area contributed by atoms with Crippen LogP contribution in [0, 0.1) is 0 Å². The van der Waals surface area contributed by atoms with Crippen molar-refractivity contribution in [3.8, 4) is 0 Å². The molecule has 8 nitrogen and oxygen atoms in total. The van der Waals surface area contributed by atoms with Gasteiger partial charge in [0.15, 0.2) is 5.96 Å². The van der Waals surface area contributed by atoms with Crippen LogP contribution in [0.5, 0.6) is 0 Å². The fourth-order valence-corrected chi connectivity index (χ4v) is 4.42. The molecule has 0 spiro atoms. The van der Waals surface area contributed by atoms with Crippen molar-refractivity contribution in [3.63, 3.8) is 0 Å². The van der Waals surface area contributed by atoms with Crippen LogP contribution in [0.3, 0.4) is 0 Å². The van der Waals surface area contributed by atoms with Gasteiger partial charge in [0.05, 0.1) is 19.0 Å². The van der Waals surface area contributed by atoms with Crippen molar-refractivity contribution in [1.29, 1.82) is 0 Å². The maximum atomic E-state index is 11.8. The zero-order valence-electron chi connectivity index (χ0n) is 14.7. The SMILES string of the molecule is CCNC(=NCCCN1CCOCC1)NCCN1CCCS1(=O)=O. The second-order valence-corrected chi connectivity index (χ2v) is 8.15. The third kappa shape index (κ3) is 6.54. The lowest BCUT2D eigenvalue weighted by Crippen LogP contribution is -2.42. The Hall–Kier alpha value is -0.900. The van der Waals surface area contributed by atoms with Gasteiger partial charge < -0.3 is 15.4 Å². The van der Waals surface area contributed by atoms with Crippen LogP contribution in [-0.4, -0.2) is 94.9 Å². The Morgan fingerprint density at radius 1 is 1.17 bits per heavy atom. The summed E-state index contributed by atoms with van der Waals surface area (Å²) in [7, 11) is -3.01. The first kappa shape index (κ1) is 19.4. The van der Waals surface area contributed by atoms with Gasteiger partial charge in [-0.1, -0.05) is 0 Å². The lowest BCUT2D eigenvalue weighted by Gasteiger charge is -2.26. The van der Waals surface area contributed by atoms with Gasteiger partial charge in [0.2, 0.25) is 10.0 Å². The fraction of sp³-hybridized carbons (Fsp3) is 0.933. The van der Waals surface area contributed by atoms with Crippen molar-refractivity contribution < 1.29 is 13.2 Å². The monoisotopic (exact) mass is 361 g/mol. The van der Waals surface area contributed by atoms with Crippen molar-refractivity contribution in [1.82, 2.24) is 19.8 Å². The number of ether oxygens (including phenoxy) is 1. The molecule has 0 unspecified atom stereocenters. The van der Waals surface area contributed by atoms with Crippen molar-refractivity contribution in [3.05, 3.63) is 0 Å². The molecule has 0 amide bonds. The average molecular weight is 362 g/mol. The van der Waals surface area contributed by atoms with Gasteiger partial charge in [0, 0.05) is 52.4 Å². The number of sulfonamides is 1. The summed E-state index contributed by atoms with van der Waals surface area (Å²) in [6, 6.07) is 0. The minimum Gasteiger partial charge on any atom is -0.379 e. The highest BCUT2D eigenvalue weighted by atomic mass is 32.2. The van der Waals surface area contributed by atoms with Crippen molar-refractivity contribution in [2.45, 2.75) is 19.8 Å². The summed E-state index contributed by atoms with van der Waals surface area (Å²) < 4.78 is 30.4. The topological polar surface area (TPSA) is 86.3 Å². The van der Waals surface area contributed by atoms with Gasteiger partial charge in [-0.15, -0.1) is 0 Å². The summed E-state index contributed by atoms with van der Waals surface area (Å²) in [5, 5.41) is 6.43. The van der Waals surface area contributed by atoms with Gasteiger partial charge in [0.1, 0.15) is 0 Å². The number of morpholine rings is 1.